The summed E-state index contributed by atoms with van der Waals surface area (Å²) < 4.78 is 11.2. The van der Waals surface area contributed by atoms with Gasteiger partial charge in [-0.2, -0.15) is 0 Å². The quantitative estimate of drug-likeness (QED) is 0.885. The molecule has 0 saturated carbocycles. The van der Waals surface area contributed by atoms with Gasteiger partial charge in [0.25, 0.3) is 0 Å². The largest absolute Gasteiger partial charge is 0.496 e. The molecule has 0 bridgehead atoms. The fourth-order valence-corrected chi connectivity index (χ4v) is 2.98. The molecule has 2 rings (SSSR count). The Morgan fingerprint density at radius 1 is 1.48 bits per heavy atom. The molecule has 1 fully saturated rings. The number of aliphatic hydroxyl groups excluding tert-OH is 2. The Hall–Kier alpha value is -1.30. The van der Waals surface area contributed by atoms with Crippen molar-refractivity contribution in [1.29, 1.82) is 0 Å². The van der Waals surface area contributed by atoms with Crippen LogP contribution in [0.25, 0.3) is 0 Å². The predicted molar refractivity (Wildman–Crippen MR) is 81.9 cm³/mol. The van der Waals surface area contributed by atoms with Crippen LogP contribution >= 0.6 is 0 Å². The van der Waals surface area contributed by atoms with E-state index in [1.165, 1.54) is 0 Å². The molecule has 1 heterocycles. The van der Waals surface area contributed by atoms with Crippen LogP contribution < -0.4 is 9.64 Å². The maximum atomic E-state index is 10.1. The second kappa shape index (κ2) is 6.22. The van der Waals surface area contributed by atoms with Crippen molar-refractivity contribution >= 4 is 5.69 Å². The second-order valence-electron chi connectivity index (χ2n) is 6.13. The molecule has 2 atom stereocenters. The van der Waals surface area contributed by atoms with Crippen LogP contribution in [-0.4, -0.2) is 48.7 Å². The van der Waals surface area contributed by atoms with Gasteiger partial charge in [-0.1, -0.05) is 6.07 Å². The van der Waals surface area contributed by atoms with E-state index in [0.717, 1.165) is 11.3 Å². The van der Waals surface area contributed by atoms with Crippen LogP contribution in [0.4, 0.5) is 5.69 Å². The lowest BCUT2D eigenvalue weighted by molar-refractivity contribution is -0.101. The molecule has 5 heteroatoms. The lowest BCUT2D eigenvalue weighted by Crippen LogP contribution is -2.54. The third-order valence-electron chi connectivity index (χ3n) is 3.71. The van der Waals surface area contributed by atoms with E-state index >= 15 is 0 Å². The Morgan fingerprint density at radius 2 is 2.19 bits per heavy atom. The summed E-state index contributed by atoms with van der Waals surface area (Å²) in [5, 5.41) is 19.6. The van der Waals surface area contributed by atoms with Gasteiger partial charge in [-0.25, -0.2) is 0 Å². The zero-order valence-electron chi connectivity index (χ0n) is 13.2. The van der Waals surface area contributed by atoms with Crippen molar-refractivity contribution in [1.82, 2.24) is 0 Å². The summed E-state index contributed by atoms with van der Waals surface area (Å²) in [7, 11) is 1.60. The molecule has 1 aliphatic rings. The zero-order chi connectivity index (χ0) is 15.6. The molecule has 1 saturated heterocycles. The van der Waals surface area contributed by atoms with Gasteiger partial charge in [0.1, 0.15) is 5.75 Å². The van der Waals surface area contributed by atoms with Gasteiger partial charge < -0.3 is 24.6 Å². The number of hydrogen-bond acceptors (Lipinski definition) is 5. The Balaban J connectivity index is 2.40. The smallest absolute Gasteiger partial charge is 0.126 e. The maximum absolute atomic E-state index is 10.1. The molecule has 1 aromatic rings. The molecule has 0 aromatic heterocycles. The van der Waals surface area contributed by atoms with Gasteiger partial charge in [-0.05, 0) is 32.9 Å². The van der Waals surface area contributed by atoms with Crippen LogP contribution in [0.15, 0.2) is 18.2 Å². The van der Waals surface area contributed by atoms with Gasteiger partial charge in [-0.3, -0.25) is 0 Å². The SMILES string of the molecule is COc1cccc(N2CC(CO)OC(C)(C)C2)c1[C@H](C)O. The molecule has 1 unspecified atom stereocenters. The summed E-state index contributed by atoms with van der Waals surface area (Å²) in [6, 6.07) is 5.73. The highest BCUT2D eigenvalue weighted by atomic mass is 16.5. The van der Waals surface area contributed by atoms with Gasteiger partial charge in [0.2, 0.25) is 0 Å². The number of ether oxygens (including phenoxy) is 2. The first kappa shape index (κ1) is 16.1. The Labute approximate surface area is 126 Å². The lowest BCUT2D eigenvalue weighted by atomic mass is 10.0. The standard InChI is InChI=1S/C16H25NO4/c1-11(19)15-13(6-5-7-14(15)20-4)17-8-12(9-18)21-16(2,3)10-17/h5-7,11-12,18-19H,8-10H2,1-4H3/t11-,12?/m0/s1. The number of nitrogens with zero attached hydrogens (tertiary/aromatic N) is 1. The number of methoxy groups -OCH3 is 1. The van der Waals surface area contributed by atoms with Gasteiger partial charge >= 0.3 is 0 Å². The molecule has 0 aliphatic carbocycles. The van der Waals surface area contributed by atoms with E-state index in [2.05, 4.69) is 4.90 Å². The van der Waals surface area contributed by atoms with Gasteiger partial charge in [0, 0.05) is 24.3 Å². The Morgan fingerprint density at radius 3 is 2.76 bits per heavy atom. The lowest BCUT2D eigenvalue weighted by Gasteiger charge is -2.44. The Bertz CT molecular complexity index is 487. The molecule has 0 radical (unpaired) electrons. The number of anilines is 1. The third kappa shape index (κ3) is 3.48. The van der Waals surface area contributed by atoms with E-state index in [1.54, 1.807) is 14.0 Å². The fraction of sp³-hybridized carbons (Fsp3) is 0.625. The van der Waals surface area contributed by atoms with Crippen molar-refractivity contribution in [3.8, 4) is 5.75 Å². The molecular formula is C16H25NO4. The molecule has 2 N–H and O–H groups in total. The van der Waals surface area contributed by atoms with E-state index in [-0.39, 0.29) is 18.3 Å². The van der Waals surface area contributed by atoms with Crippen molar-refractivity contribution < 1.29 is 19.7 Å². The van der Waals surface area contributed by atoms with Crippen molar-refractivity contribution in [3.05, 3.63) is 23.8 Å². The summed E-state index contributed by atoms with van der Waals surface area (Å²) in [6.07, 6.45) is -0.864. The third-order valence-corrected chi connectivity index (χ3v) is 3.71. The van der Waals surface area contributed by atoms with Crippen molar-refractivity contribution in [2.45, 2.75) is 38.6 Å². The Kier molecular flexibility index (Phi) is 4.76. The van der Waals surface area contributed by atoms with Crippen LogP contribution in [0, 0.1) is 0 Å². The van der Waals surface area contributed by atoms with Crippen molar-refractivity contribution in [2.75, 3.05) is 31.7 Å². The minimum atomic E-state index is -0.630. The molecule has 5 nitrogen and oxygen atoms in total. The first-order valence-electron chi connectivity index (χ1n) is 7.26. The maximum Gasteiger partial charge on any atom is 0.126 e. The highest BCUT2D eigenvalue weighted by Crippen LogP contribution is 2.37. The van der Waals surface area contributed by atoms with E-state index in [4.69, 9.17) is 9.47 Å². The molecule has 21 heavy (non-hydrogen) atoms. The molecule has 118 valence electrons. The van der Waals surface area contributed by atoms with Gasteiger partial charge in [0.15, 0.2) is 0 Å². The summed E-state index contributed by atoms with van der Waals surface area (Å²) >= 11 is 0. The molecule has 1 aromatic carbocycles. The normalized spacial score (nSPS) is 23.0. The van der Waals surface area contributed by atoms with E-state index in [0.29, 0.717) is 18.8 Å². The minimum absolute atomic E-state index is 0.0199. The first-order chi connectivity index (χ1) is 9.88. The average Bonchev–Trinajstić information content (AvgIpc) is 2.44. The molecule has 0 amide bonds. The summed E-state index contributed by atoms with van der Waals surface area (Å²) in [6.45, 7) is 7.00. The first-order valence-corrected chi connectivity index (χ1v) is 7.26. The number of benzene rings is 1. The number of rotatable bonds is 4. The molecular weight excluding hydrogens is 270 g/mol. The topological polar surface area (TPSA) is 62.2 Å². The zero-order valence-corrected chi connectivity index (χ0v) is 13.2. The van der Waals surface area contributed by atoms with E-state index < -0.39 is 6.10 Å². The van der Waals surface area contributed by atoms with Gasteiger partial charge in [0.05, 0.1) is 31.5 Å². The summed E-state index contributed by atoms with van der Waals surface area (Å²) in [4.78, 5) is 2.15. The van der Waals surface area contributed by atoms with Crippen LogP contribution in [0.2, 0.25) is 0 Å². The van der Waals surface area contributed by atoms with Crippen LogP contribution in [-0.2, 0) is 4.74 Å². The summed E-state index contributed by atoms with van der Waals surface area (Å²) in [5.74, 6) is 0.673. The van der Waals surface area contributed by atoms with E-state index in [1.807, 2.05) is 32.0 Å². The molecule has 1 aliphatic heterocycles. The summed E-state index contributed by atoms with van der Waals surface area (Å²) in [5.41, 5.74) is 1.35. The van der Waals surface area contributed by atoms with Crippen LogP contribution in [0.1, 0.15) is 32.4 Å². The highest BCUT2D eigenvalue weighted by Gasteiger charge is 2.34. The highest BCUT2D eigenvalue weighted by molar-refractivity contribution is 5.61. The number of hydrogen-bond donors (Lipinski definition) is 2. The van der Waals surface area contributed by atoms with Crippen molar-refractivity contribution in [3.63, 3.8) is 0 Å². The average molecular weight is 295 g/mol. The molecule has 0 spiro atoms. The minimum Gasteiger partial charge on any atom is -0.496 e. The van der Waals surface area contributed by atoms with Crippen molar-refractivity contribution in [2.24, 2.45) is 0 Å². The van der Waals surface area contributed by atoms with Crippen LogP contribution in [0.5, 0.6) is 5.75 Å². The van der Waals surface area contributed by atoms with Crippen LogP contribution in [0.3, 0.4) is 0 Å². The fourth-order valence-electron chi connectivity index (χ4n) is 2.98. The number of aliphatic hydroxyl groups is 2. The predicted octanol–water partition coefficient (Wildman–Crippen LogP) is 1.72. The van der Waals surface area contributed by atoms with E-state index in [9.17, 15) is 10.2 Å². The van der Waals surface area contributed by atoms with Gasteiger partial charge in [-0.15, -0.1) is 0 Å². The number of morpholine rings is 1. The second-order valence-corrected chi connectivity index (χ2v) is 6.13. The monoisotopic (exact) mass is 295 g/mol.